The van der Waals surface area contributed by atoms with Crippen LogP contribution in [0.1, 0.15) is 62.3 Å². The van der Waals surface area contributed by atoms with Crippen LogP contribution in [-0.2, 0) is 28.6 Å². The van der Waals surface area contributed by atoms with Crippen molar-refractivity contribution in [3.05, 3.63) is 0 Å². The molecule has 0 saturated heterocycles. The van der Waals surface area contributed by atoms with E-state index in [1.807, 2.05) is 0 Å². The van der Waals surface area contributed by atoms with E-state index >= 15 is 0 Å². The van der Waals surface area contributed by atoms with E-state index in [0.29, 0.717) is 0 Å². The highest BCUT2D eigenvalue weighted by molar-refractivity contribution is 5.83. The lowest BCUT2D eigenvalue weighted by Gasteiger charge is -2.26. The minimum Gasteiger partial charge on any atom is -0.459 e. The maximum Gasteiger partial charge on any atom is 0.441 e. The van der Waals surface area contributed by atoms with E-state index in [1.165, 1.54) is 0 Å². The first-order chi connectivity index (χ1) is 12.4. The Morgan fingerprint density at radius 2 is 1.04 bits per heavy atom. The fourth-order valence-electron chi connectivity index (χ4n) is 1.69. The second kappa shape index (κ2) is 9.61. The summed E-state index contributed by atoms with van der Waals surface area (Å²) in [6, 6.07) is 0. The van der Waals surface area contributed by atoms with Crippen molar-refractivity contribution in [1.82, 2.24) is 10.4 Å². The Morgan fingerprint density at radius 3 is 1.36 bits per heavy atom. The molecule has 0 aliphatic rings. The molecule has 0 aliphatic carbocycles. The Hall–Kier alpha value is -2.52. The van der Waals surface area contributed by atoms with Gasteiger partial charge in [-0.2, -0.15) is 0 Å². The molecule has 0 aromatic rings. The number of nitrogens with one attached hydrogen (secondary N) is 1. The number of carbonyl (C=O) groups excluding carboxylic acids is 4. The highest BCUT2D eigenvalue weighted by Crippen LogP contribution is 2.11. The highest BCUT2D eigenvalue weighted by atomic mass is 16.7. The normalized spacial score (nSPS) is 11.9. The van der Waals surface area contributed by atoms with Gasteiger partial charge in [-0.3, -0.25) is 14.5 Å². The lowest BCUT2D eigenvalue weighted by molar-refractivity contribution is -0.159. The van der Waals surface area contributed by atoms with Crippen LogP contribution in [0.25, 0.3) is 0 Å². The Balaban J connectivity index is 5.04. The Bertz CT molecular complexity index is 552. The van der Waals surface area contributed by atoms with E-state index in [9.17, 15) is 19.2 Å². The van der Waals surface area contributed by atoms with Gasteiger partial charge in [0.2, 0.25) is 0 Å². The number of hydrogen-bond donors (Lipinski definition) is 1. The third-order valence-corrected chi connectivity index (χ3v) is 2.36. The minimum absolute atomic E-state index is 0.578. The number of hydrogen-bond acceptors (Lipinski definition) is 8. The molecule has 0 saturated carbocycles. The Labute approximate surface area is 165 Å². The summed E-state index contributed by atoms with van der Waals surface area (Å²) in [7, 11) is 0. The van der Waals surface area contributed by atoms with Gasteiger partial charge >= 0.3 is 24.1 Å². The molecule has 0 atom stereocenters. The van der Waals surface area contributed by atoms with Crippen molar-refractivity contribution in [2.24, 2.45) is 0 Å². The van der Waals surface area contributed by atoms with Crippen molar-refractivity contribution in [2.75, 3.05) is 13.1 Å². The molecule has 162 valence electrons. The van der Waals surface area contributed by atoms with Crippen LogP contribution in [0.2, 0.25) is 0 Å². The van der Waals surface area contributed by atoms with Crippen LogP contribution in [0.4, 0.5) is 9.59 Å². The molecule has 0 aromatic heterocycles. The van der Waals surface area contributed by atoms with Crippen molar-refractivity contribution >= 4 is 24.1 Å². The van der Waals surface area contributed by atoms with Gasteiger partial charge in [0, 0.05) is 0 Å². The molecular weight excluding hydrogens is 372 g/mol. The third kappa shape index (κ3) is 13.7. The van der Waals surface area contributed by atoms with E-state index in [-0.39, 0.29) is 0 Å². The first-order valence-corrected chi connectivity index (χ1v) is 8.76. The topological polar surface area (TPSA) is 120 Å². The quantitative estimate of drug-likeness (QED) is 0.431. The molecule has 0 unspecified atom stereocenters. The van der Waals surface area contributed by atoms with Crippen LogP contribution in [0.15, 0.2) is 0 Å². The zero-order chi connectivity index (χ0) is 22.3. The first-order valence-electron chi connectivity index (χ1n) is 8.76. The van der Waals surface area contributed by atoms with Crippen molar-refractivity contribution in [3.63, 3.8) is 0 Å². The molecule has 0 aliphatic heterocycles. The van der Waals surface area contributed by atoms with Gasteiger partial charge in [-0.25, -0.2) is 9.59 Å². The van der Waals surface area contributed by atoms with Crippen LogP contribution in [0, 0.1) is 0 Å². The SMILES string of the molecule is CC(C)(C)OC(=O)CN(CC(=O)OC(C)(C)C)C(=O)ONC(=O)OC(C)(C)C. The number of hydroxylamine groups is 1. The minimum atomic E-state index is -1.15. The second-order valence-electron chi connectivity index (χ2n) is 9.00. The summed E-state index contributed by atoms with van der Waals surface area (Å²) in [6.07, 6.45) is -2.15. The van der Waals surface area contributed by atoms with Gasteiger partial charge in [0.25, 0.3) is 0 Å². The van der Waals surface area contributed by atoms with Crippen LogP contribution < -0.4 is 5.48 Å². The molecule has 28 heavy (non-hydrogen) atoms. The largest absolute Gasteiger partial charge is 0.459 e. The van der Waals surface area contributed by atoms with Gasteiger partial charge in [-0.15, -0.1) is 5.48 Å². The summed E-state index contributed by atoms with van der Waals surface area (Å²) in [5, 5.41) is 0. The van der Waals surface area contributed by atoms with Crippen molar-refractivity contribution in [2.45, 2.75) is 79.1 Å². The average molecular weight is 404 g/mol. The van der Waals surface area contributed by atoms with Gasteiger partial charge in [-0.05, 0) is 62.3 Å². The summed E-state index contributed by atoms with van der Waals surface area (Å²) in [5.41, 5.74) is -0.565. The Kier molecular flexibility index (Phi) is 8.74. The zero-order valence-corrected chi connectivity index (χ0v) is 18.1. The van der Waals surface area contributed by atoms with E-state index < -0.39 is 54.0 Å². The smallest absolute Gasteiger partial charge is 0.441 e. The van der Waals surface area contributed by atoms with Gasteiger partial charge in [0.15, 0.2) is 0 Å². The first kappa shape index (κ1) is 25.5. The van der Waals surface area contributed by atoms with Crippen LogP contribution in [-0.4, -0.2) is 58.9 Å². The molecular formula is C18H32N2O8. The highest BCUT2D eigenvalue weighted by Gasteiger charge is 2.28. The van der Waals surface area contributed by atoms with Gasteiger partial charge in [0.1, 0.15) is 29.9 Å². The molecule has 0 fully saturated rings. The molecule has 0 spiro atoms. The monoisotopic (exact) mass is 404 g/mol. The number of nitrogens with zero attached hydrogens (tertiary/aromatic N) is 1. The van der Waals surface area contributed by atoms with Crippen LogP contribution in [0.3, 0.4) is 0 Å². The van der Waals surface area contributed by atoms with Crippen LogP contribution >= 0.6 is 0 Å². The summed E-state index contributed by atoms with van der Waals surface area (Å²) in [5.74, 6) is -1.52. The molecule has 0 radical (unpaired) electrons. The van der Waals surface area contributed by atoms with Crippen molar-refractivity contribution in [1.29, 1.82) is 0 Å². The molecule has 10 nitrogen and oxygen atoms in total. The summed E-state index contributed by atoms with van der Waals surface area (Å²) >= 11 is 0. The molecule has 10 heteroatoms. The maximum absolute atomic E-state index is 12.2. The molecule has 1 N–H and O–H groups in total. The predicted molar refractivity (Wildman–Crippen MR) is 99.1 cm³/mol. The lowest BCUT2D eigenvalue weighted by Crippen LogP contribution is -2.45. The van der Waals surface area contributed by atoms with Crippen molar-refractivity contribution < 1.29 is 38.2 Å². The zero-order valence-electron chi connectivity index (χ0n) is 18.1. The number of ether oxygens (including phenoxy) is 3. The van der Waals surface area contributed by atoms with Gasteiger partial charge < -0.3 is 19.0 Å². The van der Waals surface area contributed by atoms with Gasteiger partial charge in [0.05, 0.1) is 0 Å². The summed E-state index contributed by atoms with van der Waals surface area (Å²) < 4.78 is 15.2. The molecule has 0 aromatic carbocycles. The van der Waals surface area contributed by atoms with Crippen LogP contribution in [0.5, 0.6) is 0 Å². The fourth-order valence-corrected chi connectivity index (χ4v) is 1.69. The lowest BCUT2D eigenvalue weighted by atomic mass is 10.2. The number of esters is 2. The van der Waals surface area contributed by atoms with E-state index in [4.69, 9.17) is 14.2 Å². The predicted octanol–water partition coefficient (Wildman–Crippen LogP) is 2.55. The number of amides is 2. The van der Waals surface area contributed by atoms with E-state index in [1.54, 1.807) is 67.8 Å². The molecule has 0 rings (SSSR count). The third-order valence-electron chi connectivity index (χ3n) is 2.36. The molecule has 0 heterocycles. The average Bonchev–Trinajstić information content (AvgIpc) is 2.37. The summed E-state index contributed by atoms with van der Waals surface area (Å²) in [4.78, 5) is 53.3. The second-order valence-corrected chi connectivity index (χ2v) is 9.00. The van der Waals surface area contributed by atoms with Gasteiger partial charge in [-0.1, -0.05) is 0 Å². The maximum atomic E-state index is 12.2. The molecule has 0 bridgehead atoms. The fraction of sp³-hybridized carbons (Fsp3) is 0.778. The molecule has 2 amide bonds. The summed E-state index contributed by atoms with van der Waals surface area (Å²) in [6.45, 7) is 13.7. The number of carbonyl (C=O) groups is 4. The standard InChI is InChI=1S/C18H32N2O8/c1-16(2,3)25-12(21)10-20(11-13(22)26-17(4,5)6)15(24)28-19-14(23)27-18(7,8)9/h10-11H2,1-9H3,(H,19,23). The Morgan fingerprint density at radius 1 is 0.679 bits per heavy atom. The van der Waals surface area contributed by atoms with E-state index in [0.717, 1.165) is 4.90 Å². The number of rotatable bonds is 4. The van der Waals surface area contributed by atoms with E-state index in [2.05, 4.69) is 4.84 Å². The van der Waals surface area contributed by atoms with Crippen molar-refractivity contribution in [3.8, 4) is 0 Å².